The summed E-state index contributed by atoms with van der Waals surface area (Å²) < 4.78 is 0. The highest BCUT2D eigenvalue weighted by Crippen LogP contribution is 2.25. The first-order valence-corrected chi connectivity index (χ1v) is 8.50. The summed E-state index contributed by atoms with van der Waals surface area (Å²) in [6.07, 6.45) is 0. The van der Waals surface area contributed by atoms with Gasteiger partial charge < -0.3 is 16.0 Å². The van der Waals surface area contributed by atoms with Crippen LogP contribution in [0.5, 0.6) is 0 Å². The first-order chi connectivity index (χ1) is 11.8. The lowest BCUT2D eigenvalue weighted by Gasteiger charge is -2.11. The van der Waals surface area contributed by atoms with Gasteiger partial charge in [-0.3, -0.25) is 9.59 Å². The van der Waals surface area contributed by atoms with Gasteiger partial charge in [0, 0.05) is 22.3 Å². The summed E-state index contributed by atoms with van der Waals surface area (Å²) in [6.45, 7) is 3.73. The number of nitrogens with one attached hydrogen (secondary N) is 3. The summed E-state index contributed by atoms with van der Waals surface area (Å²) in [4.78, 5) is 23.6. The second kappa shape index (κ2) is 8.74. The maximum Gasteiger partial charge on any atom is 0.243 e. The molecular weight excluding hydrogens is 361 g/mol. The SMILES string of the molecule is CC(C)C(=O)Nc1ccc(NCC(=O)Nc2cc(Cl)ccc2Cl)cc1. The van der Waals surface area contributed by atoms with Crippen molar-refractivity contribution in [2.45, 2.75) is 13.8 Å². The molecule has 0 aromatic heterocycles. The molecule has 0 heterocycles. The van der Waals surface area contributed by atoms with Crippen molar-refractivity contribution < 1.29 is 9.59 Å². The van der Waals surface area contributed by atoms with Crippen molar-refractivity contribution in [2.24, 2.45) is 5.92 Å². The average molecular weight is 380 g/mol. The van der Waals surface area contributed by atoms with Crippen molar-refractivity contribution >= 4 is 52.1 Å². The molecule has 0 radical (unpaired) electrons. The molecule has 0 bridgehead atoms. The largest absolute Gasteiger partial charge is 0.376 e. The van der Waals surface area contributed by atoms with Crippen molar-refractivity contribution in [3.8, 4) is 0 Å². The summed E-state index contributed by atoms with van der Waals surface area (Å²) in [6, 6.07) is 12.0. The fourth-order valence-corrected chi connectivity index (χ4v) is 2.26. The zero-order valence-electron chi connectivity index (χ0n) is 13.9. The minimum Gasteiger partial charge on any atom is -0.376 e. The van der Waals surface area contributed by atoms with Crippen molar-refractivity contribution in [1.29, 1.82) is 0 Å². The zero-order valence-corrected chi connectivity index (χ0v) is 15.4. The van der Waals surface area contributed by atoms with E-state index in [2.05, 4.69) is 16.0 Å². The Morgan fingerprint density at radius 3 is 2.24 bits per heavy atom. The summed E-state index contributed by atoms with van der Waals surface area (Å²) in [5.74, 6) is -0.375. The first kappa shape index (κ1) is 19.1. The average Bonchev–Trinajstić information content (AvgIpc) is 2.57. The summed E-state index contributed by atoms with van der Waals surface area (Å²) in [5.41, 5.74) is 1.93. The van der Waals surface area contributed by atoms with E-state index in [0.717, 1.165) is 5.69 Å². The van der Waals surface area contributed by atoms with Gasteiger partial charge in [-0.15, -0.1) is 0 Å². The molecule has 0 aliphatic rings. The predicted molar refractivity (Wildman–Crippen MR) is 103 cm³/mol. The van der Waals surface area contributed by atoms with Crippen molar-refractivity contribution in [2.75, 3.05) is 22.5 Å². The number of benzene rings is 2. The van der Waals surface area contributed by atoms with Crippen molar-refractivity contribution in [1.82, 2.24) is 0 Å². The molecule has 3 N–H and O–H groups in total. The predicted octanol–water partition coefficient (Wildman–Crippen LogP) is 4.64. The van der Waals surface area contributed by atoms with E-state index < -0.39 is 0 Å². The Balaban J connectivity index is 1.87. The van der Waals surface area contributed by atoms with Crippen LogP contribution in [-0.4, -0.2) is 18.4 Å². The van der Waals surface area contributed by atoms with Gasteiger partial charge in [0.15, 0.2) is 0 Å². The van der Waals surface area contributed by atoms with E-state index in [0.29, 0.717) is 21.4 Å². The minimum atomic E-state index is -0.249. The quantitative estimate of drug-likeness (QED) is 0.684. The molecule has 2 rings (SSSR count). The van der Waals surface area contributed by atoms with Crippen LogP contribution in [0.1, 0.15) is 13.8 Å². The third kappa shape index (κ3) is 5.96. The molecule has 2 aromatic rings. The van der Waals surface area contributed by atoms with E-state index in [-0.39, 0.29) is 24.3 Å². The van der Waals surface area contributed by atoms with Gasteiger partial charge in [-0.2, -0.15) is 0 Å². The number of hydrogen-bond donors (Lipinski definition) is 3. The molecule has 2 amide bonds. The molecule has 5 nitrogen and oxygen atoms in total. The van der Waals surface area contributed by atoms with Crippen LogP contribution in [0, 0.1) is 5.92 Å². The van der Waals surface area contributed by atoms with Crippen LogP contribution >= 0.6 is 23.2 Å². The number of halogens is 2. The molecule has 25 heavy (non-hydrogen) atoms. The van der Waals surface area contributed by atoms with Gasteiger partial charge in [0.1, 0.15) is 0 Å². The van der Waals surface area contributed by atoms with Gasteiger partial charge in [-0.1, -0.05) is 37.0 Å². The lowest BCUT2D eigenvalue weighted by atomic mass is 10.2. The van der Waals surface area contributed by atoms with E-state index in [4.69, 9.17) is 23.2 Å². The van der Waals surface area contributed by atoms with Gasteiger partial charge in [-0.25, -0.2) is 0 Å². The number of carbonyl (C=O) groups excluding carboxylic acids is 2. The van der Waals surface area contributed by atoms with Crippen LogP contribution in [0.2, 0.25) is 10.0 Å². The maximum absolute atomic E-state index is 12.0. The normalized spacial score (nSPS) is 10.4. The molecule has 0 saturated heterocycles. The van der Waals surface area contributed by atoms with Crippen LogP contribution in [0.3, 0.4) is 0 Å². The van der Waals surface area contributed by atoms with E-state index in [1.54, 1.807) is 42.5 Å². The highest BCUT2D eigenvalue weighted by atomic mass is 35.5. The van der Waals surface area contributed by atoms with Crippen LogP contribution in [0.15, 0.2) is 42.5 Å². The molecule has 0 spiro atoms. The Morgan fingerprint density at radius 2 is 1.60 bits per heavy atom. The van der Waals surface area contributed by atoms with E-state index in [9.17, 15) is 9.59 Å². The standard InChI is InChI=1S/C18H19Cl2N3O2/c1-11(2)18(25)22-14-6-4-13(5-7-14)21-10-17(24)23-16-9-12(19)3-8-15(16)20/h3-9,11,21H,10H2,1-2H3,(H,22,25)(H,23,24). The molecule has 7 heteroatoms. The molecule has 0 fully saturated rings. The monoisotopic (exact) mass is 379 g/mol. The molecule has 0 atom stereocenters. The fraction of sp³-hybridized carbons (Fsp3) is 0.222. The second-order valence-corrected chi connectivity index (χ2v) is 6.59. The number of carbonyl (C=O) groups is 2. The van der Waals surface area contributed by atoms with Gasteiger partial charge >= 0.3 is 0 Å². The van der Waals surface area contributed by atoms with Crippen LogP contribution in [-0.2, 0) is 9.59 Å². The smallest absolute Gasteiger partial charge is 0.243 e. The Labute approximate surface area is 156 Å². The summed E-state index contributed by atoms with van der Waals surface area (Å²) >= 11 is 11.9. The molecule has 0 aliphatic heterocycles. The Hall–Kier alpha value is -2.24. The van der Waals surface area contributed by atoms with Gasteiger partial charge in [-0.05, 0) is 42.5 Å². The highest BCUT2D eigenvalue weighted by Gasteiger charge is 2.08. The Bertz CT molecular complexity index is 761. The number of rotatable bonds is 6. The number of amides is 2. The fourth-order valence-electron chi connectivity index (χ4n) is 1.93. The van der Waals surface area contributed by atoms with Gasteiger partial charge in [0.2, 0.25) is 11.8 Å². The van der Waals surface area contributed by atoms with Crippen LogP contribution < -0.4 is 16.0 Å². The van der Waals surface area contributed by atoms with Gasteiger partial charge in [0.05, 0.1) is 17.3 Å². The first-order valence-electron chi connectivity index (χ1n) is 7.75. The third-order valence-electron chi connectivity index (χ3n) is 3.33. The van der Waals surface area contributed by atoms with E-state index in [1.807, 2.05) is 13.8 Å². The molecule has 0 aliphatic carbocycles. The van der Waals surface area contributed by atoms with Crippen LogP contribution in [0.4, 0.5) is 17.1 Å². The zero-order chi connectivity index (χ0) is 18.4. The van der Waals surface area contributed by atoms with E-state index >= 15 is 0 Å². The molecule has 0 unspecified atom stereocenters. The maximum atomic E-state index is 12.0. The highest BCUT2D eigenvalue weighted by molar-refractivity contribution is 6.35. The minimum absolute atomic E-state index is 0.0431. The Kier molecular flexibility index (Phi) is 6.67. The van der Waals surface area contributed by atoms with Gasteiger partial charge in [0.25, 0.3) is 0 Å². The van der Waals surface area contributed by atoms with Crippen molar-refractivity contribution in [3.63, 3.8) is 0 Å². The number of anilines is 3. The lowest BCUT2D eigenvalue weighted by Crippen LogP contribution is -2.22. The summed E-state index contributed by atoms with van der Waals surface area (Å²) in [7, 11) is 0. The van der Waals surface area contributed by atoms with Crippen molar-refractivity contribution in [3.05, 3.63) is 52.5 Å². The molecular formula is C18H19Cl2N3O2. The second-order valence-electron chi connectivity index (χ2n) is 5.75. The molecule has 0 saturated carbocycles. The lowest BCUT2D eigenvalue weighted by molar-refractivity contribution is -0.119. The Morgan fingerprint density at radius 1 is 0.960 bits per heavy atom. The third-order valence-corrected chi connectivity index (χ3v) is 3.90. The van der Waals surface area contributed by atoms with Crippen LogP contribution in [0.25, 0.3) is 0 Å². The number of hydrogen-bond acceptors (Lipinski definition) is 3. The molecule has 132 valence electrons. The topological polar surface area (TPSA) is 70.2 Å². The summed E-state index contributed by atoms with van der Waals surface area (Å²) in [5, 5.41) is 9.41. The molecule has 2 aromatic carbocycles. The van der Waals surface area contributed by atoms with E-state index in [1.165, 1.54) is 0 Å².